The van der Waals surface area contributed by atoms with Gasteiger partial charge in [-0.05, 0) is 42.4 Å². The van der Waals surface area contributed by atoms with Crippen molar-refractivity contribution in [3.8, 4) is 17.2 Å². The number of aryl methyl sites for hydroxylation is 1. The van der Waals surface area contributed by atoms with Gasteiger partial charge in [-0.3, -0.25) is 4.55 Å². The first-order chi connectivity index (χ1) is 14.4. The predicted molar refractivity (Wildman–Crippen MR) is 118 cm³/mol. The van der Waals surface area contributed by atoms with Crippen LogP contribution in [-0.2, 0) is 16.5 Å². The Kier molecular flexibility index (Phi) is 14.2. The molecule has 7 heteroatoms. The van der Waals surface area contributed by atoms with Gasteiger partial charge < -0.3 is 9.84 Å². The zero-order valence-electron chi connectivity index (χ0n) is 18.8. The third-order valence-electron chi connectivity index (χ3n) is 5.20. The van der Waals surface area contributed by atoms with Crippen LogP contribution in [0.4, 0.5) is 0 Å². The molecule has 0 aliphatic carbocycles. The molecule has 0 bridgehead atoms. The summed E-state index contributed by atoms with van der Waals surface area (Å²) in [5.74, 6) is -0.371. The van der Waals surface area contributed by atoms with Gasteiger partial charge in [0.2, 0.25) is 0 Å². The molecule has 0 heterocycles. The van der Waals surface area contributed by atoms with Crippen molar-refractivity contribution in [1.82, 2.24) is 0 Å². The van der Waals surface area contributed by atoms with E-state index < -0.39 is 20.8 Å². The van der Waals surface area contributed by atoms with Gasteiger partial charge in [-0.15, -0.1) is 0 Å². The van der Waals surface area contributed by atoms with Crippen molar-refractivity contribution in [1.29, 1.82) is 0 Å². The molecule has 0 radical (unpaired) electrons. The van der Waals surface area contributed by atoms with Crippen LogP contribution >= 0.6 is 0 Å². The zero-order chi connectivity index (χ0) is 21.8. The molecule has 0 fully saturated rings. The van der Waals surface area contributed by atoms with Crippen molar-refractivity contribution in [2.75, 3.05) is 0 Å². The maximum atomic E-state index is 12.7. The number of unbranched alkanes of at least 4 members (excludes halogenated alkanes) is 9. The zero-order valence-corrected chi connectivity index (χ0v) is 22.7. The Morgan fingerprint density at radius 2 is 1.39 bits per heavy atom. The summed E-state index contributed by atoms with van der Waals surface area (Å²) in [6, 6.07) is 11.5. The van der Waals surface area contributed by atoms with Crippen LogP contribution in [0.2, 0.25) is 0 Å². The summed E-state index contributed by atoms with van der Waals surface area (Å²) in [5, 5.41) is 12.7. The third kappa shape index (κ3) is 10.4. The molecule has 0 saturated heterocycles. The number of hydrogen-bond acceptors (Lipinski definition) is 4. The van der Waals surface area contributed by atoms with Crippen LogP contribution in [0.3, 0.4) is 0 Å². The molecule has 0 aliphatic rings. The van der Waals surface area contributed by atoms with Crippen molar-refractivity contribution in [2.24, 2.45) is 0 Å². The van der Waals surface area contributed by atoms with Crippen LogP contribution < -0.4 is 61.2 Å². The Bertz CT molecular complexity index is 869. The Morgan fingerprint density at radius 1 is 0.839 bits per heavy atom. The fraction of sp³-hybridized carbons (Fsp3) is 0.500. The first kappa shape index (κ1) is 28.6. The standard InChI is InChI=1S/C24H34O5S.K/c1-2-3-4-5-6-7-8-9-10-12-15-20-18-19-22(30(26,27)28)23(25)24(20)29-21-16-13-11-14-17-21;/h11,13-14,16-19,25H,2-10,12,15H2,1H3,(H,26,27,28);/q;+1/p-1. The van der Waals surface area contributed by atoms with Crippen molar-refractivity contribution in [2.45, 2.75) is 82.4 Å². The number of rotatable bonds is 14. The Hall–Kier alpha value is -0.414. The monoisotopic (exact) mass is 472 g/mol. The van der Waals surface area contributed by atoms with Gasteiger partial charge in [0, 0.05) is 0 Å². The van der Waals surface area contributed by atoms with Gasteiger partial charge in [0.05, 0.1) is 4.90 Å². The van der Waals surface area contributed by atoms with E-state index >= 15 is 0 Å². The SMILES string of the molecule is CCCCCCCCCCCCc1ccc(S(=O)(=O)O)c([O-])c1Oc1ccccc1.[K+]. The molecular formula is C24H33KO5S. The summed E-state index contributed by atoms with van der Waals surface area (Å²) in [5.41, 5.74) is 0.663. The van der Waals surface area contributed by atoms with Crippen LogP contribution in [0.25, 0.3) is 0 Å². The summed E-state index contributed by atoms with van der Waals surface area (Å²) >= 11 is 0. The fourth-order valence-electron chi connectivity index (χ4n) is 3.51. The predicted octanol–water partition coefficient (Wildman–Crippen LogP) is 3.27. The van der Waals surface area contributed by atoms with Crippen molar-refractivity contribution in [3.63, 3.8) is 0 Å². The van der Waals surface area contributed by atoms with E-state index in [1.165, 1.54) is 51.0 Å². The van der Waals surface area contributed by atoms with Crippen molar-refractivity contribution < 1.29 is 74.2 Å². The summed E-state index contributed by atoms with van der Waals surface area (Å²) in [7, 11) is -4.60. The first-order valence-corrected chi connectivity index (χ1v) is 12.4. The summed E-state index contributed by atoms with van der Waals surface area (Å²) in [6.07, 6.45) is 12.7. The second kappa shape index (κ2) is 15.4. The molecule has 0 spiro atoms. The van der Waals surface area contributed by atoms with Crippen molar-refractivity contribution in [3.05, 3.63) is 48.0 Å². The van der Waals surface area contributed by atoms with Crippen LogP contribution in [0.5, 0.6) is 17.2 Å². The Balaban J connectivity index is 0.00000480. The topological polar surface area (TPSA) is 86.7 Å². The summed E-state index contributed by atoms with van der Waals surface area (Å²) < 4.78 is 38.1. The molecule has 0 atom stereocenters. The average Bonchev–Trinajstić information content (AvgIpc) is 2.71. The minimum Gasteiger partial charge on any atom is -0.869 e. The molecule has 0 unspecified atom stereocenters. The molecule has 0 aromatic heterocycles. The van der Waals surface area contributed by atoms with E-state index in [-0.39, 0.29) is 57.1 Å². The van der Waals surface area contributed by atoms with E-state index in [4.69, 9.17) is 4.74 Å². The smallest absolute Gasteiger partial charge is 0.869 e. The molecule has 2 aromatic rings. The minimum absolute atomic E-state index is 0. The van der Waals surface area contributed by atoms with E-state index in [1.807, 2.05) is 6.07 Å². The van der Waals surface area contributed by atoms with E-state index in [0.717, 1.165) is 19.3 Å². The number of hydrogen-bond donors (Lipinski definition) is 1. The Labute approximate surface area is 229 Å². The van der Waals surface area contributed by atoms with Gasteiger partial charge in [0.25, 0.3) is 10.1 Å². The summed E-state index contributed by atoms with van der Waals surface area (Å²) in [6.45, 7) is 2.22. The molecule has 0 amide bonds. The van der Waals surface area contributed by atoms with Gasteiger partial charge in [0.15, 0.2) is 0 Å². The van der Waals surface area contributed by atoms with Gasteiger partial charge in [-0.2, -0.15) is 8.42 Å². The molecule has 0 saturated carbocycles. The number of benzene rings is 2. The van der Waals surface area contributed by atoms with Crippen LogP contribution in [0, 0.1) is 0 Å². The molecule has 166 valence electrons. The van der Waals surface area contributed by atoms with Crippen molar-refractivity contribution >= 4 is 10.1 Å². The van der Waals surface area contributed by atoms with Gasteiger partial charge in [0.1, 0.15) is 11.5 Å². The quantitative estimate of drug-likeness (QED) is 0.259. The first-order valence-electron chi connectivity index (χ1n) is 11.0. The second-order valence-electron chi connectivity index (χ2n) is 7.70. The fourth-order valence-corrected chi connectivity index (χ4v) is 4.07. The Morgan fingerprint density at radius 3 is 1.94 bits per heavy atom. The van der Waals surface area contributed by atoms with E-state index in [9.17, 15) is 18.1 Å². The van der Waals surface area contributed by atoms with Crippen LogP contribution in [0.1, 0.15) is 76.7 Å². The molecule has 2 aromatic carbocycles. The third-order valence-corrected chi connectivity index (χ3v) is 6.08. The minimum atomic E-state index is -4.60. The molecule has 1 N–H and O–H groups in total. The van der Waals surface area contributed by atoms with Gasteiger partial charge in [-0.1, -0.05) is 89.0 Å². The number of ether oxygens (including phenoxy) is 1. The summed E-state index contributed by atoms with van der Waals surface area (Å²) in [4.78, 5) is -0.653. The molecular weight excluding hydrogens is 439 g/mol. The van der Waals surface area contributed by atoms with Crippen LogP contribution in [0.15, 0.2) is 47.4 Å². The molecule has 2 rings (SSSR count). The van der Waals surface area contributed by atoms with Gasteiger partial charge in [-0.25, -0.2) is 0 Å². The largest absolute Gasteiger partial charge is 1.00 e. The second-order valence-corrected chi connectivity index (χ2v) is 9.09. The van der Waals surface area contributed by atoms with E-state index in [0.29, 0.717) is 17.7 Å². The molecule has 0 aliphatic heterocycles. The van der Waals surface area contributed by atoms with E-state index in [2.05, 4.69) is 6.92 Å². The maximum Gasteiger partial charge on any atom is 1.00 e. The van der Waals surface area contributed by atoms with Crippen LogP contribution in [-0.4, -0.2) is 13.0 Å². The van der Waals surface area contributed by atoms with Gasteiger partial charge >= 0.3 is 51.4 Å². The number of para-hydroxylation sites is 1. The normalized spacial score (nSPS) is 11.2. The molecule has 31 heavy (non-hydrogen) atoms. The van der Waals surface area contributed by atoms with E-state index in [1.54, 1.807) is 30.3 Å². The molecule has 5 nitrogen and oxygen atoms in total. The average molecular weight is 473 g/mol. The maximum absolute atomic E-state index is 12.7.